The summed E-state index contributed by atoms with van der Waals surface area (Å²) in [7, 11) is -0.0881. The molecule has 0 spiro atoms. The third-order valence-electron chi connectivity index (χ3n) is 5.76. The van der Waals surface area contributed by atoms with Crippen molar-refractivity contribution >= 4 is 10.0 Å². The van der Waals surface area contributed by atoms with Gasteiger partial charge in [-0.3, -0.25) is 4.84 Å². The van der Waals surface area contributed by atoms with E-state index in [-0.39, 0.29) is 6.61 Å². The van der Waals surface area contributed by atoms with Crippen molar-refractivity contribution in [2.45, 2.75) is 30.7 Å². The molecule has 0 amide bonds. The highest BCUT2D eigenvalue weighted by molar-refractivity contribution is 7.89. The zero-order chi connectivity index (χ0) is 21.1. The molecule has 2 fully saturated rings. The van der Waals surface area contributed by atoms with E-state index >= 15 is 0 Å². The average Bonchev–Trinajstić information content (AvgIpc) is 3.43. The lowest BCUT2D eigenvalue weighted by atomic mass is 10.0. The summed E-state index contributed by atoms with van der Waals surface area (Å²) in [6.45, 7) is 1.71. The molecule has 2 atom stereocenters. The monoisotopic (exact) mass is 432 g/mol. The van der Waals surface area contributed by atoms with Crippen LogP contribution < -0.4 is 9.47 Å². The lowest BCUT2D eigenvalue weighted by Gasteiger charge is -2.27. The number of hydroxylamine groups is 2. The molecule has 7 nitrogen and oxygen atoms in total. The van der Waals surface area contributed by atoms with E-state index < -0.39 is 21.3 Å². The number of hydrogen-bond donors (Lipinski definition) is 0. The standard InChI is InChI=1S/C22H28N2O5S/c1-23-22(21(16-29-23)30(25,26)24-12-6-7-13-24)18-10-11-19(27-2)20(14-18)28-15-17-8-4-3-5-9-17/h3-5,8-11,14,21-22H,6-7,12-13,15-16H2,1-2H3. The number of benzene rings is 2. The topological polar surface area (TPSA) is 68.3 Å². The number of nitrogens with zero attached hydrogens (tertiary/aromatic N) is 2. The summed E-state index contributed by atoms with van der Waals surface area (Å²) in [6, 6.07) is 15.0. The highest BCUT2D eigenvalue weighted by atomic mass is 32.2. The summed E-state index contributed by atoms with van der Waals surface area (Å²) in [5, 5.41) is 0.983. The molecule has 0 saturated carbocycles. The van der Waals surface area contributed by atoms with Crippen molar-refractivity contribution in [3.8, 4) is 11.5 Å². The van der Waals surface area contributed by atoms with E-state index in [4.69, 9.17) is 14.3 Å². The Morgan fingerprint density at radius 1 is 1.07 bits per heavy atom. The molecule has 2 heterocycles. The van der Waals surface area contributed by atoms with E-state index in [1.165, 1.54) is 0 Å². The molecule has 4 rings (SSSR count). The van der Waals surface area contributed by atoms with Gasteiger partial charge in [0.25, 0.3) is 0 Å². The lowest BCUT2D eigenvalue weighted by Crippen LogP contribution is -2.41. The normalized spacial score (nSPS) is 23.0. The fraction of sp³-hybridized carbons (Fsp3) is 0.455. The van der Waals surface area contributed by atoms with Crippen molar-refractivity contribution < 1.29 is 22.7 Å². The molecule has 2 aromatic carbocycles. The predicted molar refractivity (Wildman–Crippen MR) is 114 cm³/mol. The maximum atomic E-state index is 13.2. The van der Waals surface area contributed by atoms with Gasteiger partial charge in [-0.15, -0.1) is 0 Å². The molecule has 0 N–H and O–H groups in total. The zero-order valence-electron chi connectivity index (χ0n) is 17.4. The SMILES string of the molecule is COc1ccc(C2C(S(=O)(=O)N3CCCC3)CON2C)cc1OCc1ccccc1. The van der Waals surface area contributed by atoms with E-state index in [1.54, 1.807) is 23.5 Å². The number of sulfonamides is 1. The van der Waals surface area contributed by atoms with E-state index in [0.717, 1.165) is 24.0 Å². The van der Waals surface area contributed by atoms with E-state index in [2.05, 4.69) is 0 Å². The molecule has 30 heavy (non-hydrogen) atoms. The molecule has 0 radical (unpaired) electrons. The average molecular weight is 433 g/mol. The Hall–Kier alpha value is -2.13. The second-order valence-electron chi connectivity index (χ2n) is 7.66. The molecule has 2 aliphatic rings. The van der Waals surface area contributed by atoms with Crippen LogP contribution in [0.1, 0.15) is 30.0 Å². The first kappa shape index (κ1) is 21.1. The minimum absolute atomic E-state index is 0.145. The molecule has 8 heteroatoms. The van der Waals surface area contributed by atoms with Gasteiger partial charge in [-0.05, 0) is 36.1 Å². The van der Waals surface area contributed by atoms with Gasteiger partial charge in [0.1, 0.15) is 11.9 Å². The van der Waals surface area contributed by atoms with Gasteiger partial charge in [0.05, 0.1) is 19.8 Å². The van der Waals surface area contributed by atoms with Crippen LogP contribution in [0.5, 0.6) is 11.5 Å². The molecule has 2 aliphatic heterocycles. The van der Waals surface area contributed by atoms with E-state index in [1.807, 2.05) is 48.5 Å². The minimum Gasteiger partial charge on any atom is -0.493 e. The molecule has 0 aliphatic carbocycles. The van der Waals surface area contributed by atoms with Crippen LogP contribution in [-0.2, 0) is 21.5 Å². The van der Waals surface area contributed by atoms with Crippen molar-refractivity contribution in [1.82, 2.24) is 9.37 Å². The summed E-state index contributed by atoms with van der Waals surface area (Å²) in [5.74, 6) is 1.19. The highest BCUT2D eigenvalue weighted by Crippen LogP contribution is 2.39. The smallest absolute Gasteiger partial charge is 0.221 e. The van der Waals surface area contributed by atoms with Gasteiger partial charge in [0, 0.05) is 20.1 Å². The summed E-state index contributed by atoms with van der Waals surface area (Å²) < 4.78 is 39.6. The third kappa shape index (κ3) is 4.18. The van der Waals surface area contributed by atoms with Crippen LogP contribution >= 0.6 is 0 Å². The molecule has 0 aromatic heterocycles. The Kier molecular flexibility index (Phi) is 6.29. The summed E-state index contributed by atoms with van der Waals surface area (Å²) in [4.78, 5) is 5.66. The third-order valence-corrected chi connectivity index (χ3v) is 8.00. The van der Waals surface area contributed by atoms with Crippen LogP contribution in [0.25, 0.3) is 0 Å². The van der Waals surface area contributed by atoms with Gasteiger partial charge >= 0.3 is 0 Å². The van der Waals surface area contributed by atoms with Crippen molar-refractivity contribution in [2.24, 2.45) is 0 Å². The zero-order valence-corrected chi connectivity index (χ0v) is 18.2. The van der Waals surface area contributed by atoms with Crippen LogP contribution in [0.3, 0.4) is 0 Å². The molecule has 2 aromatic rings. The van der Waals surface area contributed by atoms with Gasteiger partial charge in [-0.25, -0.2) is 12.7 Å². The molecular formula is C22H28N2O5S. The lowest BCUT2D eigenvalue weighted by molar-refractivity contribution is -0.110. The number of hydrogen-bond acceptors (Lipinski definition) is 6. The van der Waals surface area contributed by atoms with Crippen LogP contribution in [0.15, 0.2) is 48.5 Å². The fourth-order valence-corrected chi connectivity index (χ4v) is 6.17. The van der Waals surface area contributed by atoms with Gasteiger partial charge in [-0.1, -0.05) is 36.4 Å². The number of methoxy groups -OCH3 is 1. The van der Waals surface area contributed by atoms with Crippen LogP contribution in [0.4, 0.5) is 0 Å². The first-order valence-corrected chi connectivity index (χ1v) is 11.7. The number of ether oxygens (including phenoxy) is 2. The summed E-state index contributed by atoms with van der Waals surface area (Å²) in [6.07, 6.45) is 1.82. The van der Waals surface area contributed by atoms with Crippen molar-refractivity contribution in [1.29, 1.82) is 0 Å². The van der Waals surface area contributed by atoms with Gasteiger partial charge in [0.2, 0.25) is 10.0 Å². The largest absolute Gasteiger partial charge is 0.493 e. The maximum absolute atomic E-state index is 13.2. The molecule has 0 bridgehead atoms. The first-order chi connectivity index (χ1) is 14.5. The second-order valence-corrected chi connectivity index (χ2v) is 9.81. The van der Waals surface area contributed by atoms with Crippen molar-refractivity contribution in [2.75, 3.05) is 33.9 Å². The molecular weight excluding hydrogens is 404 g/mol. The molecule has 2 saturated heterocycles. The number of rotatable bonds is 7. The summed E-state index contributed by atoms with van der Waals surface area (Å²) in [5.41, 5.74) is 1.87. The quantitative estimate of drug-likeness (QED) is 0.670. The Balaban J connectivity index is 1.61. The van der Waals surface area contributed by atoms with E-state index in [9.17, 15) is 8.42 Å². The van der Waals surface area contributed by atoms with Crippen LogP contribution in [0.2, 0.25) is 0 Å². The highest BCUT2D eigenvalue weighted by Gasteiger charge is 2.46. The second kappa shape index (κ2) is 8.93. The fourth-order valence-electron chi connectivity index (χ4n) is 4.13. The molecule has 162 valence electrons. The van der Waals surface area contributed by atoms with E-state index in [0.29, 0.717) is 31.2 Å². The Labute approximate surface area is 178 Å². The summed E-state index contributed by atoms with van der Waals surface area (Å²) >= 11 is 0. The minimum atomic E-state index is -3.46. The maximum Gasteiger partial charge on any atom is 0.221 e. The van der Waals surface area contributed by atoms with Gasteiger partial charge in [-0.2, -0.15) is 5.06 Å². The van der Waals surface area contributed by atoms with Gasteiger partial charge in [0.15, 0.2) is 11.5 Å². The van der Waals surface area contributed by atoms with Gasteiger partial charge < -0.3 is 9.47 Å². The molecule has 2 unspecified atom stereocenters. The Morgan fingerprint density at radius 3 is 2.50 bits per heavy atom. The van der Waals surface area contributed by atoms with Crippen molar-refractivity contribution in [3.63, 3.8) is 0 Å². The predicted octanol–water partition coefficient (Wildman–Crippen LogP) is 2.99. The van der Waals surface area contributed by atoms with Crippen LogP contribution in [0, 0.1) is 0 Å². The van der Waals surface area contributed by atoms with Crippen molar-refractivity contribution in [3.05, 3.63) is 59.7 Å². The first-order valence-electron chi connectivity index (χ1n) is 10.2. The Bertz CT molecular complexity index is 961. The Morgan fingerprint density at radius 2 is 1.80 bits per heavy atom. The van der Waals surface area contributed by atoms with Crippen LogP contribution in [-0.4, -0.2) is 56.9 Å².